The quantitative estimate of drug-likeness (QED) is 0.828. The second-order valence-electron chi connectivity index (χ2n) is 6.48. The van der Waals surface area contributed by atoms with Crippen molar-refractivity contribution in [2.75, 3.05) is 25.5 Å². The van der Waals surface area contributed by atoms with E-state index in [1.165, 1.54) is 4.90 Å². The van der Waals surface area contributed by atoms with Crippen molar-refractivity contribution in [3.05, 3.63) is 59.2 Å². The maximum atomic E-state index is 12.2. The molecule has 0 bridgehead atoms. The lowest BCUT2D eigenvalue weighted by Gasteiger charge is -2.18. The van der Waals surface area contributed by atoms with Crippen LogP contribution < -0.4 is 10.1 Å². The van der Waals surface area contributed by atoms with Crippen LogP contribution in [0.25, 0.3) is 0 Å². The van der Waals surface area contributed by atoms with Crippen molar-refractivity contribution in [1.82, 2.24) is 4.90 Å². The van der Waals surface area contributed by atoms with Crippen LogP contribution in [-0.4, -0.2) is 36.9 Å². The summed E-state index contributed by atoms with van der Waals surface area (Å²) in [6.45, 7) is 6.24. The minimum Gasteiger partial charge on any atom is -0.493 e. The fourth-order valence-electron chi connectivity index (χ4n) is 2.60. The molecular formula is C21H26N2O3. The van der Waals surface area contributed by atoms with Crippen molar-refractivity contribution in [2.45, 2.75) is 27.2 Å². The zero-order chi connectivity index (χ0) is 19.1. The van der Waals surface area contributed by atoms with Crippen LogP contribution in [0.4, 0.5) is 5.69 Å². The van der Waals surface area contributed by atoms with Crippen LogP contribution in [0, 0.1) is 20.8 Å². The number of anilines is 1. The largest absolute Gasteiger partial charge is 0.493 e. The molecule has 0 aliphatic carbocycles. The fraction of sp³-hybridized carbons (Fsp3) is 0.333. The van der Waals surface area contributed by atoms with Gasteiger partial charge in [-0.1, -0.05) is 35.9 Å². The number of nitrogens with zero attached hydrogens (tertiary/aromatic N) is 1. The maximum Gasteiger partial charge on any atom is 0.243 e. The average Bonchev–Trinajstić information content (AvgIpc) is 2.59. The van der Waals surface area contributed by atoms with Gasteiger partial charge >= 0.3 is 0 Å². The Kier molecular flexibility index (Phi) is 6.78. The van der Waals surface area contributed by atoms with Crippen molar-refractivity contribution >= 4 is 17.5 Å². The van der Waals surface area contributed by atoms with E-state index in [4.69, 9.17) is 4.74 Å². The van der Waals surface area contributed by atoms with Crippen molar-refractivity contribution < 1.29 is 14.3 Å². The number of carbonyl (C=O) groups excluding carboxylic acids is 2. The Balaban J connectivity index is 1.78. The Morgan fingerprint density at radius 1 is 1.00 bits per heavy atom. The van der Waals surface area contributed by atoms with Crippen LogP contribution in [0.1, 0.15) is 23.1 Å². The molecule has 0 saturated heterocycles. The van der Waals surface area contributed by atoms with E-state index in [0.29, 0.717) is 0 Å². The van der Waals surface area contributed by atoms with Crippen molar-refractivity contribution in [2.24, 2.45) is 0 Å². The summed E-state index contributed by atoms with van der Waals surface area (Å²) >= 11 is 0. The Labute approximate surface area is 155 Å². The molecule has 1 N–H and O–H groups in total. The molecule has 5 heteroatoms. The number of carbonyl (C=O) groups is 2. The summed E-state index contributed by atoms with van der Waals surface area (Å²) in [5, 5.41) is 2.79. The van der Waals surface area contributed by atoms with Crippen molar-refractivity contribution in [3.63, 3.8) is 0 Å². The van der Waals surface area contributed by atoms with Gasteiger partial charge in [-0.3, -0.25) is 9.59 Å². The molecule has 138 valence electrons. The average molecular weight is 354 g/mol. The monoisotopic (exact) mass is 354 g/mol. The first-order valence-electron chi connectivity index (χ1n) is 8.66. The molecule has 5 nitrogen and oxygen atoms in total. The normalized spacial score (nSPS) is 10.3. The van der Waals surface area contributed by atoms with Crippen molar-refractivity contribution in [3.8, 4) is 5.75 Å². The predicted octanol–water partition coefficient (Wildman–Crippen LogP) is 3.48. The number of aryl methyl sites for hydroxylation is 3. The van der Waals surface area contributed by atoms with E-state index in [2.05, 4.69) is 5.32 Å². The highest BCUT2D eigenvalue weighted by molar-refractivity contribution is 5.94. The summed E-state index contributed by atoms with van der Waals surface area (Å²) in [5.41, 5.74) is 3.94. The third-order valence-corrected chi connectivity index (χ3v) is 4.11. The SMILES string of the molecule is Cc1ccc(NC(=O)CN(C)C(=O)CCOc2c(C)cccc2C)cc1. The molecule has 2 aromatic rings. The summed E-state index contributed by atoms with van der Waals surface area (Å²) in [6, 6.07) is 13.5. The Morgan fingerprint density at radius 3 is 2.23 bits per heavy atom. The standard InChI is InChI=1S/C21H26N2O3/c1-15-8-10-18(11-9-15)22-19(24)14-23(4)20(25)12-13-26-21-16(2)6-5-7-17(21)3/h5-11H,12-14H2,1-4H3,(H,22,24). The van der Waals surface area contributed by atoms with Gasteiger partial charge in [0.2, 0.25) is 11.8 Å². The summed E-state index contributed by atoms with van der Waals surface area (Å²) in [7, 11) is 1.62. The minimum absolute atomic E-state index is 0.0100. The third-order valence-electron chi connectivity index (χ3n) is 4.11. The van der Waals surface area contributed by atoms with Gasteiger partial charge in [0.1, 0.15) is 5.75 Å². The van der Waals surface area contributed by atoms with Gasteiger partial charge in [0.15, 0.2) is 0 Å². The lowest BCUT2D eigenvalue weighted by atomic mass is 10.1. The number of ether oxygens (including phenoxy) is 1. The van der Waals surface area contributed by atoms with Crippen LogP contribution in [0.15, 0.2) is 42.5 Å². The topological polar surface area (TPSA) is 58.6 Å². The molecule has 2 amide bonds. The molecule has 2 aromatic carbocycles. The number of para-hydroxylation sites is 1. The van der Waals surface area contributed by atoms with Gasteiger partial charge in [0, 0.05) is 12.7 Å². The van der Waals surface area contributed by atoms with Gasteiger partial charge in [-0.25, -0.2) is 0 Å². The highest BCUT2D eigenvalue weighted by Gasteiger charge is 2.14. The highest BCUT2D eigenvalue weighted by Crippen LogP contribution is 2.22. The summed E-state index contributed by atoms with van der Waals surface area (Å²) in [6.07, 6.45) is 0.224. The fourth-order valence-corrected chi connectivity index (χ4v) is 2.60. The zero-order valence-electron chi connectivity index (χ0n) is 15.8. The van der Waals surface area contributed by atoms with Crippen LogP contribution in [0.3, 0.4) is 0 Å². The van der Waals surface area contributed by atoms with Crippen LogP contribution in [-0.2, 0) is 9.59 Å². The lowest BCUT2D eigenvalue weighted by Crippen LogP contribution is -2.35. The Hall–Kier alpha value is -2.82. The molecule has 0 spiro atoms. The van der Waals surface area contributed by atoms with Gasteiger partial charge in [0.25, 0.3) is 0 Å². The van der Waals surface area contributed by atoms with E-state index in [0.717, 1.165) is 28.1 Å². The van der Waals surface area contributed by atoms with Gasteiger partial charge in [-0.05, 0) is 44.0 Å². The van der Waals surface area contributed by atoms with Gasteiger partial charge < -0.3 is 15.0 Å². The van der Waals surface area contributed by atoms with E-state index >= 15 is 0 Å². The highest BCUT2D eigenvalue weighted by atomic mass is 16.5. The van der Waals surface area contributed by atoms with Gasteiger partial charge in [-0.2, -0.15) is 0 Å². The zero-order valence-corrected chi connectivity index (χ0v) is 15.8. The molecule has 0 heterocycles. The number of likely N-dealkylation sites (N-methyl/N-ethyl adjacent to an activating group) is 1. The number of nitrogens with one attached hydrogen (secondary N) is 1. The predicted molar refractivity (Wildman–Crippen MR) is 103 cm³/mol. The molecule has 0 aliphatic heterocycles. The molecular weight excluding hydrogens is 328 g/mol. The summed E-state index contributed by atoms with van der Waals surface area (Å²) < 4.78 is 5.75. The van der Waals surface area contributed by atoms with Gasteiger partial charge in [-0.15, -0.1) is 0 Å². The van der Waals surface area contributed by atoms with Crippen LogP contribution >= 0.6 is 0 Å². The van der Waals surface area contributed by atoms with Crippen LogP contribution in [0.5, 0.6) is 5.75 Å². The van der Waals surface area contributed by atoms with E-state index in [-0.39, 0.29) is 31.4 Å². The molecule has 0 unspecified atom stereocenters. The molecule has 0 atom stereocenters. The molecule has 0 saturated carbocycles. The lowest BCUT2D eigenvalue weighted by molar-refractivity contribution is -0.133. The third kappa shape index (κ3) is 5.62. The minimum atomic E-state index is -0.222. The second kappa shape index (κ2) is 9.04. The molecule has 0 radical (unpaired) electrons. The Morgan fingerprint density at radius 2 is 1.62 bits per heavy atom. The number of hydrogen-bond donors (Lipinski definition) is 1. The van der Waals surface area contributed by atoms with E-state index in [1.54, 1.807) is 7.05 Å². The maximum absolute atomic E-state index is 12.2. The number of amides is 2. The summed E-state index contributed by atoms with van der Waals surface area (Å²) in [4.78, 5) is 25.7. The number of hydrogen-bond acceptors (Lipinski definition) is 3. The van der Waals surface area contributed by atoms with Gasteiger partial charge in [0.05, 0.1) is 19.6 Å². The first kappa shape index (κ1) is 19.5. The smallest absolute Gasteiger partial charge is 0.243 e. The first-order chi connectivity index (χ1) is 12.4. The molecule has 0 aliphatic rings. The van der Waals surface area contributed by atoms with Crippen LogP contribution in [0.2, 0.25) is 0 Å². The molecule has 0 fully saturated rings. The summed E-state index contributed by atoms with van der Waals surface area (Å²) in [5.74, 6) is 0.468. The number of benzene rings is 2. The first-order valence-corrected chi connectivity index (χ1v) is 8.66. The van der Waals surface area contributed by atoms with E-state index in [9.17, 15) is 9.59 Å². The second-order valence-corrected chi connectivity index (χ2v) is 6.48. The molecule has 0 aromatic heterocycles. The number of rotatable bonds is 7. The van der Waals surface area contributed by atoms with Crippen molar-refractivity contribution in [1.29, 1.82) is 0 Å². The Bertz CT molecular complexity index is 749. The molecule has 26 heavy (non-hydrogen) atoms. The molecule has 2 rings (SSSR count). The van der Waals surface area contributed by atoms with E-state index < -0.39 is 0 Å². The van der Waals surface area contributed by atoms with E-state index in [1.807, 2.05) is 63.2 Å².